The molecule has 0 saturated carbocycles. The van der Waals surface area contributed by atoms with Crippen molar-refractivity contribution in [2.45, 2.75) is 26.1 Å². The van der Waals surface area contributed by atoms with E-state index in [1.54, 1.807) is 11.8 Å². The van der Waals surface area contributed by atoms with Gasteiger partial charge in [0.25, 0.3) is 0 Å². The molecule has 1 amide bonds. The summed E-state index contributed by atoms with van der Waals surface area (Å²) in [7, 11) is 0. The number of carbonyl (C=O) groups is 2. The minimum Gasteiger partial charge on any atom is -0.466 e. The van der Waals surface area contributed by atoms with E-state index in [-0.39, 0.29) is 31.2 Å². The van der Waals surface area contributed by atoms with E-state index in [2.05, 4.69) is 0 Å². The van der Waals surface area contributed by atoms with E-state index in [0.29, 0.717) is 26.3 Å². The van der Waals surface area contributed by atoms with E-state index in [0.717, 1.165) is 5.56 Å². The smallest absolute Gasteiger partial charge is 0.410 e. The van der Waals surface area contributed by atoms with Crippen molar-refractivity contribution >= 4 is 12.1 Å². The molecule has 1 atom stereocenters. The monoisotopic (exact) mass is 307 g/mol. The zero-order valence-electron chi connectivity index (χ0n) is 12.7. The molecular formula is C16H21NO5. The molecule has 0 radical (unpaired) electrons. The van der Waals surface area contributed by atoms with Gasteiger partial charge in [-0.1, -0.05) is 30.3 Å². The maximum absolute atomic E-state index is 12.1. The highest BCUT2D eigenvalue weighted by atomic mass is 16.6. The Morgan fingerprint density at radius 1 is 1.27 bits per heavy atom. The van der Waals surface area contributed by atoms with Crippen LogP contribution in [0.15, 0.2) is 30.3 Å². The van der Waals surface area contributed by atoms with Crippen LogP contribution < -0.4 is 0 Å². The average molecular weight is 307 g/mol. The number of benzene rings is 1. The Morgan fingerprint density at radius 2 is 2.05 bits per heavy atom. The number of nitrogens with zero attached hydrogens (tertiary/aromatic N) is 1. The standard InChI is InChI=1S/C16H21NO5/c1-2-20-15(18)10-14-11-17(8-9-21-14)16(19)22-12-13-6-4-3-5-7-13/h3-7,14H,2,8-12H2,1H3/t14-/m0/s1. The molecule has 6 heteroatoms. The summed E-state index contributed by atoms with van der Waals surface area (Å²) in [5, 5.41) is 0. The Labute approximate surface area is 129 Å². The molecule has 1 aliphatic rings. The first-order valence-electron chi connectivity index (χ1n) is 7.42. The van der Waals surface area contributed by atoms with Gasteiger partial charge in [-0.3, -0.25) is 4.79 Å². The summed E-state index contributed by atoms with van der Waals surface area (Å²) in [4.78, 5) is 25.1. The molecule has 120 valence electrons. The fourth-order valence-corrected chi connectivity index (χ4v) is 2.23. The normalized spacial score (nSPS) is 17.9. The van der Waals surface area contributed by atoms with Crippen LogP contribution in [0.1, 0.15) is 18.9 Å². The van der Waals surface area contributed by atoms with Gasteiger partial charge in [-0.15, -0.1) is 0 Å². The lowest BCUT2D eigenvalue weighted by atomic mass is 10.2. The highest BCUT2D eigenvalue weighted by Gasteiger charge is 2.27. The Kier molecular flexibility index (Phi) is 6.21. The molecule has 1 saturated heterocycles. The Hall–Kier alpha value is -2.08. The number of amides is 1. The lowest BCUT2D eigenvalue weighted by Gasteiger charge is -2.31. The molecule has 0 unspecified atom stereocenters. The Balaban J connectivity index is 1.78. The van der Waals surface area contributed by atoms with Crippen LogP contribution in [-0.4, -0.2) is 49.4 Å². The van der Waals surface area contributed by atoms with Crippen molar-refractivity contribution in [3.8, 4) is 0 Å². The molecule has 1 aromatic rings. The molecule has 1 aromatic carbocycles. The number of hydrogen-bond acceptors (Lipinski definition) is 5. The highest BCUT2D eigenvalue weighted by molar-refractivity contribution is 5.71. The minimum absolute atomic E-state index is 0.149. The van der Waals surface area contributed by atoms with E-state index < -0.39 is 0 Å². The summed E-state index contributed by atoms with van der Waals surface area (Å²) in [6, 6.07) is 9.50. The third-order valence-corrected chi connectivity index (χ3v) is 3.30. The molecule has 0 spiro atoms. The van der Waals surface area contributed by atoms with Gasteiger partial charge >= 0.3 is 12.1 Å². The van der Waals surface area contributed by atoms with Gasteiger partial charge in [-0.2, -0.15) is 0 Å². The highest BCUT2D eigenvalue weighted by Crippen LogP contribution is 2.12. The van der Waals surface area contributed by atoms with Crippen LogP contribution in [0.5, 0.6) is 0 Å². The minimum atomic E-state index is -0.388. The molecule has 0 bridgehead atoms. The quantitative estimate of drug-likeness (QED) is 0.778. The van der Waals surface area contributed by atoms with Gasteiger partial charge in [0.1, 0.15) is 6.61 Å². The fourth-order valence-electron chi connectivity index (χ4n) is 2.23. The zero-order chi connectivity index (χ0) is 15.8. The zero-order valence-corrected chi connectivity index (χ0v) is 12.7. The van der Waals surface area contributed by atoms with E-state index in [1.807, 2.05) is 30.3 Å². The van der Waals surface area contributed by atoms with Gasteiger partial charge in [-0.25, -0.2) is 4.79 Å². The predicted molar refractivity (Wildman–Crippen MR) is 79.2 cm³/mol. The summed E-state index contributed by atoms with van der Waals surface area (Å²) in [5.74, 6) is -0.313. The first kappa shape index (κ1) is 16.3. The second-order valence-electron chi connectivity index (χ2n) is 4.99. The van der Waals surface area contributed by atoms with Crippen molar-refractivity contribution in [2.75, 3.05) is 26.3 Å². The fraction of sp³-hybridized carbons (Fsp3) is 0.500. The lowest BCUT2D eigenvalue weighted by Crippen LogP contribution is -2.46. The SMILES string of the molecule is CCOC(=O)C[C@H]1CN(C(=O)OCc2ccccc2)CCO1. The van der Waals surface area contributed by atoms with Crippen molar-refractivity contribution < 1.29 is 23.8 Å². The van der Waals surface area contributed by atoms with Gasteiger partial charge in [0.05, 0.1) is 32.3 Å². The topological polar surface area (TPSA) is 65.1 Å². The van der Waals surface area contributed by atoms with E-state index in [9.17, 15) is 9.59 Å². The maximum Gasteiger partial charge on any atom is 0.410 e. The lowest BCUT2D eigenvalue weighted by molar-refractivity contribution is -0.148. The second kappa shape index (κ2) is 8.38. The third kappa shape index (κ3) is 5.04. The summed E-state index contributed by atoms with van der Waals surface area (Å²) in [6.45, 7) is 3.53. The largest absolute Gasteiger partial charge is 0.466 e. The first-order chi connectivity index (χ1) is 10.7. The molecule has 22 heavy (non-hydrogen) atoms. The maximum atomic E-state index is 12.1. The molecule has 1 heterocycles. The van der Waals surface area contributed by atoms with Crippen LogP contribution in [0.3, 0.4) is 0 Å². The Morgan fingerprint density at radius 3 is 2.77 bits per heavy atom. The number of ether oxygens (including phenoxy) is 3. The number of carbonyl (C=O) groups excluding carboxylic acids is 2. The summed E-state index contributed by atoms with van der Waals surface area (Å²) in [6.07, 6.45) is -0.575. The second-order valence-corrected chi connectivity index (χ2v) is 4.99. The molecule has 0 N–H and O–H groups in total. The van der Waals surface area contributed by atoms with Crippen molar-refractivity contribution in [1.29, 1.82) is 0 Å². The van der Waals surface area contributed by atoms with Gasteiger partial charge in [0, 0.05) is 6.54 Å². The van der Waals surface area contributed by atoms with Crippen molar-refractivity contribution in [3.63, 3.8) is 0 Å². The van der Waals surface area contributed by atoms with Crippen LogP contribution in [0.4, 0.5) is 4.79 Å². The van der Waals surface area contributed by atoms with Crippen LogP contribution in [-0.2, 0) is 25.6 Å². The molecule has 1 fully saturated rings. The third-order valence-electron chi connectivity index (χ3n) is 3.30. The van der Waals surface area contributed by atoms with Gasteiger partial charge < -0.3 is 19.1 Å². The molecular weight excluding hydrogens is 286 g/mol. The van der Waals surface area contributed by atoms with Crippen LogP contribution >= 0.6 is 0 Å². The average Bonchev–Trinajstić information content (AvgIpc) is 2.54. The first-order valence-corrected chi connectivity index (χ1v) is 7.42. The van der Waals surface area contributed by atoms with Crippen LogP contribution in [0, 0.1) is 0 Å². The number of esters is 1. The van der Waals surface area contributed by atoms with Crippen LogP contribution in [0.2, 0.25) is 0 Å². The molecule has 1 aliphatic heterocycles. The summed E-state index contributed by atoms with van der Waals surface area (Å²) < 4.78 is 15.7. The molecule has 0 aliphatic carbocycles. The van der Waals surface area contributed by atoms with E-state index >= 15 is 0 Å². The number of hydrogen-bond donors (Lipinski definition) is 0. The van der Waals surface area contributed by atoms with E-state index in [1.165, 1.54) is 0 Å². The number of rotatable bonds is 5. The van der Waals surface area contributed by atoms with Gasteiger partial charge in [-0.05, 0) is 12.5 Å². The van der Waals surface area contributed by atoms with Gasteiger partial charge in [0.2, 0.25) is 0 Å². The van der Waals surface area contributed by atoms with Gasteiger partial charge in [0.15, 0.2) is 0 Å². The molecule has 2 rings (SSSR count). The van der Waals surface area contributed by atoms with Crippen molar-refractivity contribution in [2.24, 2.45) is 0 Å². The molecule has 0 aromatic heterocycles. The summed E-state index contributed by atoms with van der Waals surface area (Å²) in [5.41, 5.74) is 0.937. The number of morpholine rings is 1. The van der Waals surface area contributed by atoms with E-state index in [4.69, 9.17) is 14.2 Å². The summed E-state index contributed by atoms with van der Waals surface area (Å²) >= 11 is 0. The van der Waals surface area contributed by atoms with Crippen LogP contribution in [0.25, 0.3) is 0 Å². The Bertz CT molecular complexity index is 491. The predicted octanol–water partition coefficient (Wildman–Crippen LogP) is 1.98. The molecule has 6 nitrogen and oxygen atoms in total. The van der Waals surface area contributed by atoms with Crippen molar-refractivity contribution in [1.82, 2.24) is 4.90 Å². The van der Waals surface area contributed by atoms with Crippen molar-refractivity contribution in [3.05, 3.63) is 35.9 Å².